The van der Waals surface area contributed by atoms with Crippen molar-refractivity contribution in [2.24, 2.45) is 12.8 Å². The Morgan fingerprint density at radius 3 is 2.50 bits per heavy atom. The molecule has 5 heteroatoms. The van der Waals surface area contributed by atoms with Crippen LogP contribution in [0.1, 0.15) is 41.9 Å². The fourth-order valence-electron chi connectivity index (χ4n) is 3.49. The molecule has 98 valence electrons. The quantitative estimate of drug-likeness (QED) is 0.800. The average Bonchev–Trinajstić information content (AvgIpc) is 2.76. The van der Waals surface area contributed by atoms with Crippen LogP contribution in [0.25, 0.3) is 0 Å². The molecule has 1 aromatic rings. The predicted octanol–water partition coefficient (Wildman–Crippen LogP) is 0.823. The number of nitrogens with two attached hydrogens (primary N) is 1. The Bertz CT molecular complexity index is 467. The molecule has 0 spiro atoms. The monoisotopic (exact) mass is 248 g/mol. The smallest absolute Gasteiger partial charge is 0.272 e. The lowest BCUT2D eigenvalue weighted by molar-refractivity contribution is 0.0564. The van der Waals surface area contributed by atoms with E-state index < -0.39 is 0 Å². The number of piperidine rings is 1. The molecule has 2 saturated heterocycles. The molecule has 2 N–H and O–H groups in total. The summed E-state index contributed by atoms with van der Waals surface area (Å²) < 4.78 is 1.69. The minimum absolute atomic E-state index is 0.123. The Morgan fingerprint density at radius 2 is 2.00 bits per heavy atom. The summed E-state index contributed by atoms with van der Waals surface area (Å²) in [7, 11) is 1.83. The van der Waals surface area contributed by atoms with Crippen LogP contribution < -0.4 is 5.73 Å². The van der Waals surface area contributed by atoms with Crippen LogP contribution >= 0.6 is 0 Å². The van der Waals surface area contributed by atoms with Crippen molar-refractivity contribution in [3.8, 4) is 0 Å². The molecule has 0 aliphatic carbocycles. The van der Waals surface area contributed by atoms with E-state index in [1.54, 1.807) is 4.68 Å². The Kier molecular flexibility index (Phi) is 2.66. The van der Waals surface area contributed by atoms with E-state index >= 15 is 0 Å². The number of amides is 1. The molecule has 1 aromatic heterocycles. The van der Waals surface area contributed by atoms with Crippen molar-refractivity contribution in [2.75, 3.05) is 0 Å². The molecule has 3 rings (SSSR count). The van der Waals surface area contributed by atoms with Crippen LogP contribution in [0, 0.1) is 6.92 Å². The maximum absolute atomic E-state index is 12.6. The van der Waals surface area contributed by atoms with E-state index in [9.17, 15) is 4.79 Å². The molecular formula is C13H20N4O. The summed E-state index contributed by atoms with van der Waals surface area (Å²) in [6.07, 6.45) is 4.08. The lowest BCUT2D eigenvalue weighted by Crippen LogP contribution is -2.50. The van der Waals surface area contributed by atoms with Crippen LogP contribution in [0.15, 0.2) is 6.07 Å². The van der Waals surface area contributed by atoms with E-state index in [0.29, 0.717) is 17.8 Å². The van der Waals surface area contributed by atoms with Crippen molar-refractivity contribution in [3.05, 3.63) is 17.5 Å². The van der Waals surface area contributed by atoms with E-state index in [-0.39, 0.29) is 11.9 Å². The number of hydrogen-bond donors (Lipinski definition) is 1. The van der Waals surface area contributed by atoms with Crippen molar-refractivity contribution >= 4 is 5.91 Å². The zero-order chi connectivity index (χ0) is 12.9. The van der Waals surface area contributed by atoms with Gasteiger partial charge in [-0.05, 0) is 38.7 Å². The first-order chi connectivity index (χ1) is 8.56. The second-order valence-electron chi connectivity index (χ2n) is 5.62. The molecule has 18 heavy (non-hydrogen) atoms. The number of aryl methyl sites for hydroxylation is 2. The summed E-state index contributed by atoms with van der Waals surface area (Å²) in [4.78, 5) is 14.7. The van der Waals surface area contributed by atoms with Crippen molar-refractivity contribution in [1.29, 1.82) is 0 Å². The van der Waals surface area contributed by atoms with E-state index in [1.165, 1.54) is 0 Å². The van der Waals surface area contributed by atoms with Crippen LogP contribution in [-0.4, -0.2) is 38.7 Å². The van der Waals surface area contributed by atoms with Gasteiger partial charge in [0.2, 0.25) is 0 Å². The molecule has 2 unspecified atom stereocenters. The minimum Gasteiger partial charge on any atom is -0.331 e. The second-order valence-corrected chi connectivity index (χ2v) is 5.62. The van der Waals surface area contributed by atoms with Gasteiger partial charge in [-0.1, -0.05) is 0 Å². The lowest BCUT2D eigenvalue weighted by Gasteiger charge is -2.37. The molecule has 0 aromatic carbocycles. The van der Waals surface area contributed by atoms with E-state index in [2.05, 4.69) is 10.00 Å². The van der Waals surface area contributed by atoms with Gasteiger partial charge < -0.3 is 10.6 Å². The summed E-state index contributed by atoms with van der Waals surface area (Å²) in [5.74, 6) is 0.123. The van der Waals surface area contributed by atoms with Crippen molar-refractivity contribution in [1.82, 2.24) is 14.7 Å². The van der Waals surface area contributed by atoms with Gasteiger partial charge in [0.1, 0.15) is 5.69 Å². The number of hydrogen-bond acceptors (Lipinski definition) is 3. The van der Waals surface area contributed by atoms with Gasteiger partial charge in [0.05, 0.1) is 5.69 Å². The SMILES string of the molecule is Cc1cc(C(=O)N2C3CCC2CC(N)C3)n(C)n1. The first kappa shape index (κ1) is 11.7. The number of fused-ring (bicyclic) bond motifs is 2. The van der Waals surface area contributed by atoms with Crippen LogP contribution in [0.3, 0.4) is 0 Å². The highest BCUT2D eigenvalue weighted by Gasteiger charge is 2.43. The van der Waals surface area contributed by atoms with Crippen LogP contribution in [0.5, 0.6) is 0 Å². The standard InChI is InChI=1S/C13H20N4O/c1-8-5-12(16(2)15-8)13(18)17-10-3-4-11(17)7-9(14)6-10/h5,9-11H,3-4,6-7,14H2,1-2H3. The van der Waals surface area contributed by atoms with Gasteiger partial charge >= 0.3 is 0 Å². The summed E-state index contributed by atoms with van der Waals surface area (Å²) >= 11 is 0. The Labute approximate surface area is 107 Å². The summed E-state index contributed by atoms with van der Waals surface area (Å²) in [5.41, 5.74) is 7.62. The maximum Gasteiger partial charge on any atom is 0.272 e. The fraction of sp³-hybridized carbons (Fsp3) is 0.692. The number of carbonyl (C=O) groups is 1. The molecule has 2 aliphatic heterocycles. The van der Waals surface area contributed by atoms with Crippen molar-refractivity contribution < 1.29 is 4.79 Å². The van der Waals surface area contributed by atoms with Gasteiger partial charge in [-0.25, -0.2) is 0 Å². The number of carbonyl (C=O) groups excluding carboxylic acids is 1. The number of aromatic nitrogens is 2. The first-order valence-electron chi connectivity index (χ1n) is 6.65. The Hall–Kier alpha value is -1.36. The Morgan fingerprint density at radius 1 is 1.39 bits per heavy atom. The van der Waals surface area contributed by atoms with Gasteiger partial charge in [0.25, 0.3) is 5.91 Å². The van der Waals surface area contributed by atoms with Gasteiger partial charge in [0, 0.05) is 25.2 Å². The van der Waals surface area contributed by atoms with Crippen molar-refractivity contribution in [2.45, 2.75) is 50.7 Å². The molecule has 0 saturated carbocycles. The predicted molar refractivity (Wildman–Crippen MR) is 68.1 cm³/mol. The highest BCUT2D eigenvalue weighted by molar-refractivity contribution is 5.93. The van der Waals surface area contributed by atoms with E-state index in [1.807, 2.05) is 20.0 Å². The fourth-order valence-corrected chi connectivity index (χ4v) is 3.49. The zero-order valence-electron chi connectivity index (χ0n) is 11.0. The summed E-state index contributed by atoms with van der Waals surface area (Å²) in [6, 6.07) is 2.80. The molecule has 3 heterocycles. The largest absolute Gasteiger partial charge is 0.331 e. The molecule has 2 fully saturated rings. The van der Waals surface area contributed by atoms with Gasteiger partial charge in [-0.2, -0.15) is 5.10 Å². The summed E-state index contributed by atoms with van der Waals surface area (Å²) in [6.45, 7) is 1.91. The third kappa shape index (κ3) is 1.73. The zero-order valence-corrected chi connectivity index (χ0v) is 11.0. The molecule has 2 atom stereocenters. The molecule has 1 amide bonds. The van der Waals surface area contributed by atoms with E-state index in [0.717, 1.165) is 31.4 Å². The normalized spacial score (nSPS) is 30.8. The van der Waals surface area contributed by atoms with Gasteiger partial charge in [-0.3, -0.25) is 9.48 Å². The van der Waals surface area contributed by atoms with Gasteiger partial charge in [0.15, 0.2) is 0 Å². The molecule has 0 radical (unpaired) electrons. The molecule has 2 aliphatic rings. The van der Waals surface area contributed by atoms with Gasteiger partial charge in [-0.15, -0.1) is 0 Å². The third-order valence-electron chi connectivity index (χ3n) is 4.23. The van der Waals surface area contributed by atoms with Crippen LogP contribution in [0.4, 0.5) is 0 Å². The average molecular weight is 248 g/mol. The number of rotatable bonds is 1. The van der Waals surface area contributed by atoms with Crippen LogP contribution in [0.2, 0.25) is 0 Å². The maximum atomic E-state index is 12.6. The minimum atomic E-state index is 0.123. The highest BCUT2D eigenvalue weighted by atomic mass is 16.2. The molecular weight excluding hydrogens is 228 g/mol. The Balaban J connectivity index is 1.88. The topological polar surface area (TPSA) is 64.2 Å². The lowest BCUT2D eigenvalue weighted by atomic mass is 9.98. The van der Waals surface area contributed by atoms with E-state index in [4.69, 9.17) is 5.73 Å². The number of nitrogens with zero attached hydrogens (tertiary/aromatic N) is 3. The highest BCUT2D eigenvalue weighted by Crippen LogP contribution is 2.36. The summed E-state index contributed by atoms with van der Waals surface area (Å²) in [5, 5.41) is 4.26. The third-order valence-corrected chi connectivity index (χ3v) is 4.23. The molecule has 5 nitrogen and oxygen atoms in total. The molecule has 2 bridgehead atoms. The van der Waals surface area contributed by atoms with Crippen molar-refractivity contribution in [3.63, 3.8) is 0 Å². The first-order valence-corrected chi connectivity index (χ1v) is 6.65. The van der Waals surface area contributed by atoms with Crippen LogP contribution in [-0.2, 0) is 7.05 Å². The second kappa shape index (κ2) is 4.09.